The first-order chi connectivity index (χ1) is 16.6. The van der Waals surface area contributed by atoms with E-state index >= 15 is 0 Å². The van der Waals surface area contributed by atoms with Gasteiger partial charge < -0.3 is 25.6 Å². The molecule has 1 atom stereocenters. The van der Waals surface area contributed by atoms with Crippen LogP contribution in [0.25, 0.3) is 10.9 Å². The van der Waals surface area contributed by atoms with Crippen molar-refractivity contribution in [3.8, 4) is 5.75 Å². The molecule has 4 rings (SSSR count). The molecule has 6 nitrogen and oxygen atoms in total. The Bertz CT molecular complexity index is 1050. The molecule has 0 spiro atoms. The quantitative estimate of drug-likeness (QED) is 0.335. The molecule has 3 heterocycles. The second-order valence-electron chi connectivity index (χ2n) is 9.12. The predicted molar refractivity (Wildman–Crippen MR) is 141 cm³/mol. The summed E-state index contributed by atoms with van der Waals surface area (Å²) in [6, 6.07) is 9.98. The van der Waals surface area contributed by atoms with E-state index in [1.807, 2.05) is 30.0 Å². The highest BCUT2D eigenvalue weighted by molar-refractivity contribution is 8.01. The van der Waals surface area contributed by atoms with Gasteiger partial charge in [0.1, 0.15) is 5.75 Å². The fourth-order valence-electron chi connectivity index (χ4n) is 4.86. The Labute approximate surface area is 210 Å². The summed E-state index contributed by atoms with van der Waals surface area (Å²) in [6.07, 6.45) is 4.36. The number of piperidine rings is 1. The van der Waals surface area contributed by atoms with Gasteiger partial charge in [0, 0.05) is 37.0 Å². The number of pyridine rings is 1. The number of nitrogens with zero attached hydrogens (tertiary/aromatic N) is 2. The molecular formula is C26H35N3O3S2. The maximum absolute atomic E-state index is 11.3. The lowest BCUT2D eigenvalue weighted by atomic mass is 9.74. The maximum Gasteiger partial charge on any atom is 0.119 e. The Kier molecular flexibility index (Phi) is 8.85. The van der Waals surface area contributed by atoms with E-state index in [-0.39, 0.29) is 12.0 Å². The lowest BCUT2D eigenvalue weighted by molar-refractivity contribution is 0.0253. The van der Waals surface area contributed by atoms with E-state index in [1.54, 1.807) is 24.6 Å². The van der Waals surface area contributed by atoms with Crippen LogP contribution in [0.15, 0.2) is 46.1 Å². The van der Waals surface area contributed by atoms with Crippen molar-refractivity contribution in [2.75, 3.05) is 39.1 Å². The molecule has 1 saturated heterocycles. The molecule has 1 aliphatic heterocycles. The molecule has 8 heteroatoms. The van der Waals surface area contributed by atoms with Crippen LogP contribution < -0.4 is 10.5 Å². The first-order valence-electron chi connectivity index (χ1n) is 11.9. The van der Waals surface area contributed by atoms with Crippen molar-refractivity contribution in [2.24, 2.45) is 11.1 Å². The molecule has 1 aliphatic rings. The summed E-state index contributed by atoms with van der Waals surface area (Å²) in [5.74, 6) is 1.82. The van der Waals surface area contributed by atoms with Crippen LogP contribution in [-0.4, -0.2) is 59.2 Å². The predicted octanol–water partition coefficient (Wildman–Crippen LogP) is 4.44. The van der Waals surface area contributed by atoms with Gasteiger partial charge >= 0.3 is 0 Å². The summed E-state index contributed by atoms with van der Waals surface area (Å²) < 4.78 is 6.77. The van der Waals surface area contributed by atoms with Crippen molar-refractivity contribution >= 4 is 34.0 Å². The number of hydrogen-bond acceptors (Lipinski definition) is 8. The highest BCUT2D eigenvalue weighted by Crippen LogP contribution is 2.40. The maximum atomic E-state index is 11.3. The number of nitrogens with two attached hydrogens (primary N) is 1. The summed E-state index contributed by atoms with van der Waals surface area (Å²) >= 11 is 3.71. The molecule has 0 saturated carbocycles. The fraction of sp³-hybridized carbons (Fsp3) is 0.500. The van der Waals surface area contributed by atoms with Crippen LogP contribution in [0.2, 0.25) is 0 Å². The number of thiophene rings is 1. The molecule has 184 valence electrons. The minimum absolute atomic E-state index is 0.137. The van der Waals surface area contributed by atoms with Gasteiger partial charge in [-0.2, -0.15) is 0 Å². The van der Waals surface area contributed by atoms with Crippen LogP contribution in [0.4, 0.5) is 0 Å². The van der Waals surface area contributed by atoms with Crippen molar-refractivity contribution in [2.45, 2.75) is 42.5 Å². The Hall–Kier alpha value is -1.68. The zero-order chi connectivity index (χ0) is 24.0. The molecule has 1 aromatic carbocycles. The van der Waals surface area contributed by atoms with Gasteiger partial charge in [-0.1, -0.05) is 6.07 Å². The third-order valence-electron chi connectivity index (χ3n) is 7.10. The van der Waals surface area contributed by atoms with Crippen molar-refractivity contribution in [3.05, 3.63) is 53.0 Å². The molecular weight excluding hydrogens is 466 g/mol. The number of aliphatic hydroxyl groups excluding tert-OH is 2. The van der Waals surface area contributed by atoms with E-state index < -0.39 is 6.10 Å². The second kappa shape index (κ2) is 11.8. The standard InChI is InChI=1S/C26H35N3O3S2/c1-32-20-4-5-22-21(15-20)25(19(16-27)17-28-22)23(31)6-7-26(18-30)8-10-29(11-9-26)12-14-34-24-3-2-13-33-24/h2-5,13,15,17,23,30-31H,6-12,14,16,18,27H2,1H3/t23-/m1/s1. The molecule has 34 heavy (non-hydrogen) atoms. The zero-order valence-electron chi connectivity index (χ0n) is 19.8. The molecule has 0 unspecified atom stereocenters. The summed E-state index contributed by atoms with van der Waals surface area (Å²) in [5, 5.41) is 24.6. The van der Waals surface area contributed by atoms with Crippen molar-refractivity contribution in [3.63, 3.8) is 0 Å². The van der Waals surface area contributed by atoms with Crippen LogP contribution >= 0.6 is 23.1 Å². The Balaban J connectivity index is 1.38. The molecule has 0 bridgehead atoms. The van der Waals surface area contributed by atoms with Crippen LogP contribution in [0, 0.1) is 5.41 Å². The number of benzene rings is 1. The Morgan fingerprint density at radius 3 is 2.79 bits per heavy atom. The van der Waals surface area contributed by atoms with Gasteiger partial charge in [-0.05, 0) is 85.0 Å². The number of aromatic nitrogens is 1. The second-order valence-corrected chi connectivity index (χ2v) is 11.5. The number of likely N-dealkylation sites (tertiary alicyclic amines) is 1. The number of hydrogen-bond donors (Lipinski definition) is 3. The van der Waals surface area contributed by atoms with Gasteiger partial charge in [0.25, 0.3) is 0 Å². The average Bonchev–Trinajstić information content (AvgIpc) is 3.40. The molecule has 0 radical (unpaired) electrons. The van der Waals surface area contributed by atoms with Gasteiger partial charge in [0.15, 0.2) is 0 Å². The number of aliphatic hydroxyl groups is 2. The Morgan fingerprint density at radius 1 is 1.29 bits per heavy atom. The lowest BCUT2D eigenvalue weighted by Crippen LogP contribution is -2.43. The zero-order valence-corrected chi connectivity index (χ0v) is 21.4. The van der Waals surface area contributed by atoms with Crippen LogP contribution in [0.1, 0.15) is 42.9 Å². The third kappa shape index (κ3) is 5.93. The topological polar surface area (TPSA) is 91.8 Å². The van der Waals surface area contributed by atoms with E-state index in [4.69, 9.17) is 10.5 Å². The van der Waals surface area contributed by atoms with Crippen molar-refractivity contribution < 1.29 is 14.9 Å². The van der Waals surface area contributed by atoms with E-state index in [1.165, 1.54) is 4.21 Å². The summed E-state index contributed by atoms with van der Waals surface area (Å²) in [7, 11) is 1.63. The minimum Gasteiger partial charge on any atom is -0.497 e. The molecule has 3 aromatic rings. The third-order valence-corrected chi connectivity index (χ3v) is 9.21. The summed E-state index contributed by atoms with van der Waals surface area (Å²) in [5.41, 5.74) is 8.37. The number of ether oxygens (including phenoxy) is 1. The SMILES string of the molecule is COc1ccc2ncc(CN)c([C@H](O)CCC3(CO)CCN(CCSc4cccs4)CC3)c2c1. The molecule has 0 amide bonds. The first-order valence-corrected chi connectivity index (χ1v) is 13.8. The van der Waals surface area contributed by atoms with Crippen LogP contribution in [0.5, 0.6) is 5.75 Å². The smallest absolute Gasteiger partial charge is 0.119 e. The average molecular weight is 502 g/mol. The van der Waals surface area contributed by atoms with E-state index in [0.717, 1.165) is 72.4 Å². The minimum atomic E-state index is -0.667. The van der Waals surface area contributed by atoms with Gasteiger partial charge in [0.05, 0.1) is 22.9 Å². The molecule has 0 aliphatic carbocycles. The van der Waals surface area contributed by atoms with Crippen molar-refractivity contribution in [1.82, 2.24) is 9.88 Å². The summed E-state index contributed by atoms with van der Waals surface area (Å²) in [4.78, 5) is 7.01. The van der Waals surface area contributed by atoms with E-state index in [0.29, 0.717) is 13.0 Å². The fourth-order valence-corrected chi connectivity index (χ4v) is 6.73. The van der Waals surface area contributed by atoms with Gasteiger partial charge in [0.2, 0.25) is 0 Å². The normalized spacial score (nSPS) is 17.2. The van der Waals surface area contributed by atoms with Gasteiger partial charge in [-0.25, -0.2) is 0 Å². The lowest BCUT2D eigenvalue weighted by Gasteiger charge is -2.41. The molecule has 4 N–H and O–H groups in total. The highest BCUT2D eigenvalue weighted by atomic mass is 32.2. The monoisotopic (exact) mass is 501 g/mol. The van der Waals surface area contributed by atoms with Crippen LogP contribution in [-0.2, 0) is 6.54 Å². The van der Waals surface area contributed by atoms with E-state index in [2.05, 4.69) is 27.4 Å². The van der Waals surface area contributed by atoms with Gasteiger partial charge in [-0.3, -0.25) is 4.98 Å². The highest BCUT2D eigenvalue weighted by Gasteiger charge is 2.34. The summed E-state index contributed by atoms with van der Waals surface area (Å²) in [6.45, 7) is 3.52. The van der Waals surface area contributed by atoms with Crippen molar-refractivity contribution in [1.29, 1.82) is 0 Å². The molecule has 2 aromatic heterocycles. The van der Waals surface area contributed by atoms with Gasteiger partial charge in [-0.15, -0.1) is 23.1 Å². The first kappa shape index (κ1) is 25.4. The Morgan fingerprint density at radius 2 is 2.12 bits per heavy atom. The largest absolute Gasteiger partial charge is 0.497 e. The van der Waals surface area contributed by atoms with E-state index in [9.17, 15) is 10.2 Å². The number of thioether (sulfide) groups is 1. The number of rotatable bonds is 11. The number of fused-ring (bicyclic) bond motifs is 1. The number of methoxy groups -OCH3 is 1. The van der Waals surface area contributed by atoms with Crippen LogP contribution in [0.3, 0.4) is 0 Å². The molecule has 1 fully saturated rings.